The molecule has 144 valence electrons. The van der Waals surface area contributed by atoms with E-state index >= 15 is 0 Å². The summed E-state index contributed by atoms with van der Waals surface area (Å²) in [6, 6.07) is 11.1. The molecule has 0 spiro atoms. The topological polar surface area (TPSA) is 97.4 Å². The number of nitrogens with two attached hydrogens (primary N) is 1. The molecule has 6 nitrogen and oxygen atoms in total. The fourth-order valence-corrected chi connectivity index (χ4v) is 3.87. The van der Waals surface area contributed by atoms with Crippen LogP contribution in [0.25, 0.3) is 0 Å². The fourth-order valence-electron chi connectivity index (χ4n) is 3.68. The smallest absolute Gasteiger partial charge is 0.287 e. The van der Waals surface area contributed by atoms with E-state index in [1.165, 1.54) is 6.26 Å². The average molecular weight is 390 g/mol. The normalized spacial score (nSPS) is 22.2. The van der Waals surface area contributed by atoms with Gasteiger partial charge in [-0.3, -0.25) is 9.59 Å². The summed E-state index contributed by atoms with van der Waals surface area (Å²) >= 11 is 6.14. The van der Waals surface area contributed by atoms with Crippen LogP contribution in [0.2, 0.25) is 5.02 Å². The predicted molar refractivity (Wildman–Crippen MR) is 104 cm³/mol. The molecule has 1 aliphatic carbocycles. The van der Waals surface area contributed by atoms with Crippen LogP contribution in [-0.2, 0) is 10.2 Å². The Kier molecular flexibility index (Phi) is 6.19. The summed E-state index contributed by atoms with van der Waals surface area (Å²) in [5.41, 5.74) is 7.17. The zero-order valence-electron chi connectivity index (χ0n) is 15.0. The van der Waals surface area contributed by atoms with Crippen LogP contribution >= 0.6 is 11.6 Å². The summed E-state index contributed by atoms with van der Waals surface area (Å²) in [4.78, 5) is 23.9. The van der Waals surface area contributed by atoms with Crippen LogP contribution in [-0.4, -0.2) is 30.9 Å². The molecule has 0 atom stereocenters. The van der Waals surface area contributed by atoms with E-state index in [2.05, 4.69) is 16.7 Å². The molecule has 0 saturated heterocycles. The van der Waals surface area contributed by atoms with E-state index in [-0.39, 0.29) is 29.7 Å². The van der Waals surface area contributed by atoms with Crippen LogP contribution in [0.15, 0.2) is 47.1 Å². The Bertz CT molecular complexity index is 784. The second kappa shape index (κ2) is 8.59. The second-order valence-corrected chi connectivity index (χ2v) is 7.43. The van der Waals surface area contributed by atoms with Crippen molar-refractivity contribution >= 4 is 23.4 Å². The minimum atomic E-state index is -0.401. The quantitative estimate of drug-likeness (QED) is 0.707. The van der Waals surface area contributed by atoms with Crippen molar-refractivity contribution < 1.29 is 14.0 Å². The van der Waals surface area contributed by atoms with E-state index < -0.39 is 5.91 Å². The number of hydrogen-bond donors (Lipinski definition) is 3. The van der Waals surface area contributed by atoms with Crippen LogP contribution in [0.5, 0.6) is 0 Å². The molecule has 2 aromatic rings. The number of carbonyl (C=O) groups is 2. The van der Waals surface area contributed by atoms with Gasteiger partial charge in [-0.2, -0.15) is 0 Å². The zero-order chi connectivity index (χ0) is 19.3. The Labute approximate surface area is 163 Å². The molecule has 0 radical (unpaired) electrons. The standard InChI is InChI=1S/C20H24ClN3O3/c21-15-4-1-3-14(11-15)20(13-22)8-6-16(7-9-20)24-18(25)12-23-19(26)17-5-2-10-27-17/h1-5,10-11,16H,6-9,12-13,22H2,(H,23,26)(H,24,25). The average Bonchev–Trinajstić information content (AvgIpc) is 3.22. The lowest BCUT2D eigenvalue weighted by Crippen LogP contribution is -2.47. The van der Waals surface area contributed by atoms with Gasteiger partial charge in [0.2, 0.25) is 5.91 Å². The molecule has 27 heavy (non-hydrogen) atoms. The third-order valence-corrected chi connectivity index (χ3v) is 5.53. The largest absolute Gasteiger partial charge is 0.459 e. The Morgan fingerprint density at radius 2 is 2.00 bits per heavy atom. The molecule has 1 aromatic carbocycles. The minimum absolute atomic E-state index is 0.0770. The predicted octanol–water partition coefficient (Wildman–Crippen LogP) is 2.62. The summed E-state index contributed by atoms with van der Waals surface area (Å²) < 4.78 is 5.00. The molecule has 1 aliphatic rings. The number of halogens is 1. The van der Waals surface area contributed by atoms with E-state index in [1.54, 1.807) is 12.1 Å². The summed E-state index contributed by atoms with van der Waals surface area (Å²) in [6.07, 6.45) is 4.85. The molecule has 0 aliphatic heterocycles. The van der Waals surface area contributed by atoms with Crippen molar-refractivity contribution in [2.45, 2.75) is 37.1 Å². The molecule has 3 rings (SSSR count). The minimum Gasteiger partial charge on any atom is -0.459 e. The number of amides is 2. The van der Waals surface area contributed by atoms with E-state index in [4.69, 9.17) is 21.8 Å². The molecule has 1 heterocycles. The van der Waals surface area contributed by atoms with Crippen LogP contribution in [0.4, 0.5) is 0 Å². The van der Waals surface area contributed by atoms with E-state index in [9.17, 15) is 9.59 Å². The first kappa shape index (κ1) is 19.5. The summed E-state index contributed by atoms with van der Waals surface area (Å²) in [5, 5.41) is 6.26. The van der Waals surface area contributed by atoms with E-state index in [1.807, 2.05) is 18.2 Å². The Balaban J connectivity index is 1.50. The van der Waals surface area contributed by atoms with Gasteiger partial charge in [0, 0.05) is 23.0 Å². The van der Waals surface area contributed by atoms with Gasteiger partial charge in [-0.05, 0) is 55.5 Å². The SMILES string of the molecule is NCC1(c2cccc(Cl)c2)CCC(NC(=O)CNC(=O)c2ccco2)CC1. The molecule has 0 unspecified atom stereocenters. The Hall–Kier alpha value is -2.31. The van der Waals surface area contributed by atoms with Crippen molar-refractivity contribution in [1.29, 1.82) is 0 Å². The van der Waals surface area contributed by atoms with Gasteiger partial charge in [0.1, 0.15) is 0 Å². The van der Waals surface area contributed by atoms with Gasteiger partial charge < -0.3 is 20.8 Å². The summed E-state index contributed by atoms with van der Waals surface area (Å²) in [7, 11) is 0. The number of carbonyl (C=O) groups excluding carboxylic acids is 2. The summed E-state index contributed by atoms with van der Waals surface area (Å²) in [6.45, 7) is 0.472. The molecular weight excluding hydrogens is 366 g/mol. The lowest BCUT2D eigenvalue weighted by atomic mass is 9.68. The zero-order valence-corrected chi connectivity index (χ0v) is 15.8. The Morgan fingerprint density at radius 3 is 2.63 bits per heavy atom. The van der Waals surface area contributed by atoms with Gasteiger partial charge in [-0.15, -0.1) is 0 Å². The monoisotopic (exact) mass is 389 g/mol. The second-order valence-electron chi connectivity index (χ2n) is 7.00. The maximum atomic E-state index is 12.1. The van der Waals surface area contributed by atoms with Crippen LogP contribution in [0, 0.1) is 0 Å². The molecule has 1 aromatic heterocycles. The van der Waals surface area contributed by atoms with Gasteiger partial charge >= 0.3 is 0 Å². The first-order valence-electron chi connectivity index (χ1n) is 9.09. The van der Waals surface area contributed by atoms with Gasteiger partial charge in [0.15, 0.2) is 5.76 Å². The number of benzene rings is 1. The first-order valence-corrected chi connectivity index (χ1v) is 9.47. The molecule has 7 heteroatoms. The Morgan fingerprint density at radius 1 is 1.22 bits per heavy atom. The number of rotatable bonds is 6. The van der Waals surface area contributed by atoms with Crippen LogP contribution in [0.3, 0.4) is 0 Å². The van der Waals surface area contributed by atoms with Crippen LogP contribution < -0.4 is 16.4 Å². The molecule has 1 fully saturated rings. The molecular formula is C20H24ClN3O3. The lowest BCUT2D eigenvalue weighted by Gasteiger charge is -2.40. The maximum Gasteiger partial charge on any atom is 0.287 e. The molecule has 1 saturated carbocycles. The highest BCUT2D eigenvalue weighted by Crippen LogP contribution is 2.39. The lowest BCUT2D eigenvalue weighted by molar-refractivity contribution is -0.121. The number of nitrogens with one attached hydrogen (secondary N) is 2. The van der Waals surface area contributed by atoms with E-state index in [0.717, 1.165) is 31.2 Å². The highest BCUT2D eigenvalue weighted by Gasteiger charge is 2.36. The van der Waals surface area contributed by atoms with Crippen molar-refractivity contribution in [3.05, 3.63) is 59.0 Å². The van der Waals surface area contributed by atoms with Crippen molar-refractivity contribution in [1.82, 2.24) is 10.6 Å². The van der Waals surface area contributed by atoms with Crippen LogP contribution in [0.1, 0.15) is 41.8 Å². The first-order chi connectivity index (χ1) is 13.0. The molecule has 4 N–H and O–H groups in total. The van der Waals surface area contributed by atoms with Crippen molar-refractivity contribution in [3.8, 4) is 0 Å². The highest BCUT2D eigenvalue weighted by molar-refractivity contribution is 6.30. The highest BCUT2D eigenvalue weighted by atomic mass is 35.5. The maximum absolute atomic E-state index is 12.1. The third-order valence-electron chi connectivity index (χ3n) is 5.29. The number of hydrogen-bond acceptors (Lipinski definition) is 4. The van der Waals surface area contributed by atoms with Gasteiger partial charge in [-0.1, -0.05) is 23.7 Å². The molecule has 2 amide bonds. The van der Waals surface area contributed by atoms with Crippen molar-refractivity contribution in [2.75, 3.05) is 13.1 Å². The van der Waals surface area contributed by atoms with Gasteiger partial charge in [-0.25, -0.2) is 0 Å². The molecule has 0 bridgehead atoms. The van der Waals surface area contributed by atoms with E-state index in [0.29, 0.717) is 11.6 Å². The van der Waals surface area contributed by atoms with Gasteiger partial charge in [0.25, 0.3) is 5.91 Å². The summed E-state index contributed by atoms with van der Waals surface area (Å²) in [5.74, 6) is -0.417. The number of furan rings is 1. The van der Waals surface area contributed by atoms with Crippen molar-refractivity contribution in [3.63, 3.8) is 0 Å². The van der Waals surface area contributed by atoms with Crippen molar-refractivity contribution in [2.24, 2.45) is 5.73 Å². The fraction of sp³-hybridized carbons (Fsp3) is 0.400. The van der Waals surface area contributed by atoms with Gasteiger partial charge in [0.05, 0.1) is 12.8 Å². The third kappa shape index (κ3) is 4.70.